The van der Waals surface area contributed by atoms with E-state index in [9.17, 15) is 13.2 Å². The first kappa shape index (κ1) is 21.7. The van der Waals surface area contributed by atoms with E-state index in [0.717, 1.165) is 35.2 Å². The van der Waals surface area contributed by atoms with Crippen LogP contribution < -0.4 is 4.72 Å². The number of benzene rings is 3. The molecule has 1 N–H and O–H groups in total. The molecule has 31 heavy (non-hydrogen) atoms. The second kappa shape index (κ2) is 9.34. The minimum Gasteiger partial charge on any atom is -0.338 e. The lowest BCUT2D eigenvalue weighted by molar-refractivity contribution is -0.128. The summed E-state index contributed by atoms with van der Waals surface area (Å²) in [5.41, 5.74) is 3.97. The largest absolute Gasteiger partial charge is 0.338 e. The molecule has 1 fully saturated rings. The van der Waals surface area contributed by atoms with Gasteiger partial charge in [0.25, 0.3) is 0 Å². The molecule has 0 spiro atoms. The fourth-order valence-corrected chi connectivity index (χ4v) is 5.33. The fourth-order valence-electron chi connectivity index (χ4n) is 3.73. The molecular weight excluding hydrogens is 476 g/mol. The van der Waals surface area contributed by atoms with Crippen molar-refractivity contribution in [3.8, 4) is 11.1 Å². The van der Waals surface area contributed by atoms with Gasteiger partial charge in [-0.05, 0) is 46.9 Å². The number of rotatable bonds is 7. The van der Waals surface area contributed by atoms with E-state index in [1.165, 1.54) is 0 Å². The Hall–Kier alpha value is -2.48. The number of hydrogen-bond acceptors (Lipinski definition) is 3. The van der Waals surface area contributed by atoms with Crippen LogP contribution in [-0.4, -0.2) is 25.8 Å². The highest BCUT2D eigenvalue weighted by Crippen LogP contribution is 2.25. The summed E-state index contributed by atoms with van der Waals surface area (Å²) in [4.78, 5) is 14.0. The monoisotopic (exact) mass is 498 g/mol. The van der Waals surface area contributed by atoms with E-state index >= 15 is 0 Å². The van der Waals surface area contributed by atoms with E-state index in [0.29, 0.717) is 17.4 Å². The summed E-state index contributed by atoms with van der Waals surface area (Å²) in [7, 11) is -3.62. The van der Waals surface area contributed by atoms with Gasteiger partial charge in [-0.25, -0.2) is 13.1 Å². The zero-order valence-corrected chi connectivity index (χ0v) is 19.3. The molecule has 4 rings (SSSR count). The van der Waals surface area contributed by atoms with Gasteiger partial charge >= 0.3 is 0 Å². The number of amides is 1. The Morgan fingerprint density at radius 2 is 1.74 bits per heavy atom. The molecule has 160 valence electrons. The van der Waals surface area contributed by atoms with Crippen molar-refractivity contribution in [2.24, 2.45) is 0 Å². The van der Waals surface area contributed by atoms with Crippen LogP contribution in [0.1, 0.15) is 24.0 Å². The molecule has 5 nitrogen and oxygen atoms in total. The van der Waals surface area contributed by atoms with Crippen LogP contribution in [0.3, 0.4) is 0 Å². The smallest absolute Gasteiger partial charge is 0.240 e. The number of carbonyl (C=O) groups is 1. The Bertz CT molecular complexity index is 1190. The standard InChI is InChI=1S/C24H23BrN2O3S/c25-21-6-3-7-22(15-21)31(29,30)26-16-20-5-1-2-8-23(20)19-12-10-18(11-13-19)17-27-14-4-9-24(27)28/h1-3,5-8,10-13,15,26H,4,9,14,16-17H2. The molecule has 0 unspecified atom stereocenters. The summed E-state index contributed by atoms with van der Waals surface area (Å²) in [5.74, 6) is 0.215. The van der Waals surface area contributed by atoms with Crippen LogP contribution >= 0.6 is 15.9 Å². The van der Waals surface area contributed by atoms with Crippen molar-refractivity contribution >= 4 is 31.9 Å². The SMILES string of the molecule is O=C1CCCN1Cc1ccc(-c2ccccc2CNS(=O)(=O)c2cccc(Br)c2)cc1. The second-order valence-corrected chi connectivity index (χ2v) is 10.2. The highest BCUT2D eigenvalue weighted by molar-refractivity contribution is 9.10. The number of sulfonamides is 1. The van der Waals surface area contributed by atoms with Crippen molar-refractivity contribution in [2.45, 2.75) is 30.8 Å². The molecule has 0 atom stereocenters. The van der Waals surface area contributed by atoms with E-state index in [2.05, 4.69) is 20.7 Å². The van der Waals surface area contributed by atoms with Crippen molar-refractivity contribution in [2.75, 3.05) is 6.54 Å². The number of likely N-dealkylation sites (tertiary alicyclic amines) is 1. The third kappa shape index (κ3) is 5.23. The van der Waals surface area contributed by atoms with Gasteiger partial charge in [0.1, 0.15) is 0 Å². The molecule has 0 saturated carbocycles. The fraction of sp³-hybridized carbons (Fsp3) is 0.208. The molecule has 7 heteroatoms. The van der Waals surface area contributed by atoms with Gasteiger partial charge in [0.05, 0.1) is 4.90 Å². The van der Waals surface area contributed by atoms with Crippen LogP contribution in [-0.2, 0) is 27.9 Å². The van der Waals surface area contributed by atoms with E-state index in [4.69, 9.17) is 0 Å². The van der Waals surface area contributed by atoms with E-state index in [1.807, 2.05) is 53.4 Å². The van der Waals surface area contributed by atoms with Gasteiger partial charge in [-0.2, -0.15) is 0 Å². The Kier molecular flexibility index (Phi) is 6.55. The highest BCUT2D eigenvalue weighted by Gasteiger charge is 2.20. The normalized spacial score (nSPS) is 14.2. The maximum atomic E-state index is 12.7. The first-order chi connectivity index (χ1) is 14.9. The summed E-state index contributed by atoms with van der Waals surface area (Å²) in [6.45, 7) is 1.64. The topological polar surface area (TPSA) is 66.5 Å². The number of nitrogens with one attached hydrogen (secondary N) is 1. The number of hydrogen-bond donors (Lipinski definition) is 1. The molecule has 1 amide bonds. The lowest BCUT2D eigenvalue weighted by Gasteiger charge is -2.16. The first-order valence-corrected chi connectivity index (χ1v) is 12.4. The summed E-state index contributed by atoms with van der Waals surface area (Å²) in [6, 6.07) is 22.5. The molecule has 0 aliphatic carbocycles. The number of nitrogens with zero attached hydrogens (tertiary/aromatic N) is 1. The van der Waals surface area contributed by atoms with Crippen LogP contribution in [0.4, 0.5) is 0 Å². The Balaban J connectivity index is 1.50. The van der Waals surface area contributed by atoms with Crippen LogP contribution in [0, 0.1) is 0 Å². The lowest BCUT2D eigenvalue weighted by atomic mass is 9.98. The van der Waals surface area contributed by atoms with Gasteiger partial charge in [0.2, 0.25) is 15.9 Å². The Morgan fingerprint density at radius 1 is 0.968 bits per heavy atom. The van der Waals surface area contributed by atoms with Crippen LogP contribution in [0.25, 0.3) is 11.1 Å². The molecule has 1 aliphatic rings. The molecule has 1 heterocycles. The quantitative estimate of drug-likeness (QED) is 0.512. The third-order valence-electron chi connectivity index (χ3n) is 5.39. The second-order valence-electron chi connectivity index (χ2n) is 7.55. The zero-order chi connectivity index (χ0) is 21.8. The zero-order valence-electron chi connectivity index (χ0n) is 16.9. The Labute approximate surface area is 191 Å². The molecular formula is C24H23BrN2O3S. The van der Waals surface area contributed by atoms with Crippen LogP contribution in [0.15, 0.2) is 82.2 Å². The number of carbonyl (C=O) groups excluding carboxylic acids is 1. The van der Waals surface area contributed by atoms with Crippen molar-refractivity contribution in [1.29, 1.82) is 0 Å². The van der Waals surface area contributed by atoms with Crippen molar-refractivity contribution < 1.29 is 13.2 Å². The first-order valence-electron chi connectivity index (χ1n) is 10.1. The molecule has 0 aromatic heterocycles. The van der Waals surface area contributed by atoms with Gasteiger partial charge in [0, 0.05) is 30.5 Å². The Morgan fingerprint density at radius 3 is 2.45 bits per heavy atom. The minimum absolute atomic E-state index is 0.190. The van der Waals surface area contributed by atoms with Gasteiger partial charge in [-0.15, -0.1) is 0 Å². The van der Waals surface area contributed by atoms with Crippen molar-refractivity contribution in [3.63, 3.8) is 0 Å². The van der Waals surface area contributed by atoms with Crippen LogP contribution in [0.5, 0.6) is 0 Å². The van der Waals surface area contributed by atoms with Crippen molar-refractivity contribution in [1.82, 2.24) is 9.62 Å². The summed E-state index contributed by atoms with van der Waals surface area (Å²) in [5, 5.41) is 0. The maximum absolute atomic E-state index is 12.7. The average molecular weight is 499 g/mol. The molecule has 0 bridgehead atoms. The van der Waals surface area contributed by atoms with E-state index < -0.39 is 10.0 Å². The van der Waals surface area contributed by atoms with E-state index in [1.54, 1.807) is 24.3 Å². The van der Waals surface area contributed by atoms with Gasteiger partial charge in [-0.1, -0.05) is 70.5 Å². The van der Waals surface area contributed by atoms with Crippen molar-refractivity contribution in [3.05, 3.63) is 88.4 Å². The summed E-state index contributed by atoms with van der Waals surface area (Å²) < 4.78 is 28.8. The summed E-state index contributed by atoms with van der Waals surface area (Å²) >= 11 is 3.32. The third-order valence-corrected chi connectivity index (χ3v) is 7.28. The maximum Gasteiger partial charge on any atom is 0.240 e. The van der Waals surface area contributed by atoms with Crippen LogP contribution in [0.2, 0.25) is 0 Å². The predicted molar refractivity (Wildman–Crippen MR) is 125 cm³/mol. The number of halogens is 1. The molecule has 1 aliphatic heterocycles. The molecule has 3 aromatic rings. The highest BCUT2D eigenvalue weighted by atomic mass is 79.9. The predicted octanol–water partition coefficient (Wildman–Crippen LogP) is 4.72. The molecule has 3 aromatic carbocycles. The minimum atomic E-state index is -3.62. The van der Waals surface area contributed by atoms with Gasteiger partial charge < -0.3 is 4.90 Å². The molecule has 0 radical (unpaired) electrons. The van der Waals surface area contributed by atoms with Gasteiger partial charge in [0.15, 0.2) is 0 Å². The van der Waals surface area contributed by atoms with Gasteiger partial charge in [-0.3, -0.25) is 4.79 Å². The molecule has 1 saturated heterocycles. The average Bonchev–Trinajstić information content (AvgIpc) is 3.17. The summed E-state index contributed by atoms with van der Waals surface area (Å²) in [6.07, 6.45) is 1.57. The van der Waals surface area contributed by atoms with E-state index in [-0.39, 0.29) is 17.3 Å². The lowest BCUT2D eigenvalue weighted by Crippen LogP contribution is -2.23.